The second kappa shape index (κ2) is 6.35. The third kappa shape index (κ3) is 4.07. The molecule has 1 unspecified atom stereocenters. The number of methoxy groups -OCH3 is 1. The van der Waals surface area contributed by atoms with Crippen LogP contribution in [0.4, 0.5) is 0 Å². The molecule has 0 aromatic rings. The van der Waals surface area contributed by atoms with E-state index < -0.39 is 0 Å². The molecule has 0 aromatic heterocycles. The third-order valence-electron chi connectivity index (χ3n) is 2.66. The lowest BCUT2D eigenvalue weighted by atomic mass is 10.0. The fourth-order valence-corrected chi connectivity index (χ4v) is 1.30. The van der Waals surface area contributed by atoms with Gasteiger partial charge >= 0.3 is 0 Å². The van der Waals surface area contributed by atoms with Gasteiger partial charge in [-0.25, -0.2) is 0 Å². The van der Waals surface area contributed by atoms with E-state index in [1.54, 1.807) is 7.11 Å². The monoisotopic (exact) mass is 188 g/mol. The van der Waals surface area contributed by atoms with E-state index in [0.717, 1.165) is 6.54 Å². The van der Waals surface area contributed by atoms with Crippen molar-refractivity contribution in [3.8, 4) is 0 Å². The molecule has 2 N–H and O–H groups in total. The molecule has 0 aliphatic carbocycles. The molecule has 0 radical (unpaired) electrons. The number of likely N-dealkylation sites (N-methyl/N-ethyl adjacent to an activating group) is 1. The van der Waals surface area contributed by atoms with Crippen molar-refractivity contribution in [1.29, 1.82) is 0 Å². The van der Waals surface area contributed by atoms with Crippen LogP contribution in [-0.4, -0.2) is 44.3 Å². The van der Waals surface area contributed by atoms with E-state index in [1.807, 2.05) is 0 Å². The van der Waals surface area contributed by atoms with Crippen LogP contribution in [0.25, 0.3) is 0 Å². The van der Waals surface area contributed by atoms with Crippen molar-refractivity contribution >= 4 is 0 Å². The van der Waals surface area contributed by atoms with E-state index in [1.165, 1.54) is 12.8 Å². The largest absolute Gasteiger partial charge is 0.383 e. The first-order valence-corrected chi connectivity index (χ1v) is 5.01. The maximum absolute atomic E-state index is 5.74. The Labute approximate surface area is 82.2 Å². The Morgan fingerprint density at radius 2 is 2.08 bits per heavy atom. The van der Waals surface area contributed by atoms with Crippen LogP contribution >= 0.6 is 0 Å². The first kappa shape index (κ1) is 12.9. The molecule has 0 heterocycles. The zero-order valence-electron chi connectivity index (χ0n) is 9.47. The zero-order chi connectivity index (χ0) is 10.3. The lowest BCUT2D eigenvalue weighted by Crippen LogP contribution is -2.53. The first-order valence-electron chi connectivity index (χ1n) is 5.01. The second-order valence-electron chi connectivity index (χ2n) is 3.91. The van der Waals surface area contributed by atoms with Gasteiger partial charge in [-0.05, 0) is 26.9 Å². The molecule has 0 aliphatic rings. The molecule has 0 fully saturated rings. The summed E-state index contributed by atoms with van der Waals surface area (Å²) in [7, 11) is 3.84. The molecule has 0 saturated carbocycles. The molecule has 0 saturated heterocycles. The molecule has 0 rings (SSSR count). The fraction of sp³-hybridized carbons (Fsp3) is 1.00. The molecule has 0 amide bonds. The zero-order valence-corrected chi connectivity index (χ0v) is 9.47. The Morgan fingerprint density at radius 3 is 2.46 bits per heavy atom. The molecular formula is C10H24N2O. The van der Waals surface area contributed by atoms with Crippen molar-refractivity contribution in [3.63, 3.8) is 0 Å². The minimum absolute atomic E-state index is 0.0100. The van der Waals surface area contributed by atoms with Gasteiger partial charge in [-0.3, -0.25) is 4.90 Å². The quantitative estimate of drug-likeness (QED) is 0.650. The van der Waals surface area contributed by atoms with Crippen molar-refractivity contribution in [2.45, 2.75) is 32.2 Å². The Bertz CT molecular complexity index is 130. The highest BCUT2D eigenvalue weighted by Crippen LogP contribution is 2.12. The highest BCUT2D eigenvalue weighted by atomic mass is 16.5. The third-order valence-corrected chi connectivity index (χ3v) is 2.66. The van der Waals surface area contributed by atoms with Crippen molar-refractivity contribution in [3.05, 3.63) is 0 Å². The summed E-state index contributed by atoms with van der Waals surface area (Å²) in [5.74, 6) is 0. The molecule has 0 aromatic carbocycles. The fourth-order valence-electron chi connectivity index (χ4n) is 1.30. The topological polar surface area (TPSA) is 38.5 Å². The highest BCUT2D eigenvalue weighted by Gasteiger charge is 2.26. The van der Waals surface area contributed by atoms with Crippen molar-refractivity contribution in [2.75, 3.05) is 33.9 Å². The van der Waals surface area contributed by atoms with Crippen LogP contribution in [0.3, 0.4) is 0 Å². The van der Waals surface area contributed by atoms with E-state index in [-0.39, 0.29) is 5.54 Å². The molecular weight excluding hydrogens is 164 g/mol. The second-order valence-corrected chi connectivity index (χ2v) is 3.91. The standard InChI is InChI=1S/C10H24N2O/c1-5-6-7-12(3)10(2,8-11)9-13-4/h5-9,11H2,1-4H3. The molecule has 0 aliphatic heterocycles. The van der Waals surface area contributed by atoms with E-state index in [9.17, 15) is 0 Å². The van der Waals surface area contributed by atoms with E-state index in [0.29, 0.717) is 13.2 Å². The van der Waals surface area contributed by atoms with Gasteiger partial charge in [0.15, 0.2) is 0 Å². The number of hydrogen-bond donors (Lipinski definition) is 1. The Morgan fingerprint density at radius 1 is 1.46 bits per heavy atom. The smallest absolute Gasteiger partial charge is 0.0656 e. The Balaban J connectivity index is 4.03. The summed E-state index contributed by atoms with van der Waals surface area (Å²) in [6, 6.07) is 0. The number of nitrogens with two attached hydrogens (primary N) is 1. The van der Waals surface area contributed by atoms with Crippen LogP contribution in [0.5, 0.6) is 0 Å². The maximum Gasteiger partial charge on any atom is 0.0656 e. The van der Waals surface area contributed by atoms with E-state index >= 15 is 0 Å². The van der Waals surface area contributed by atoms with Gasteiger partial charge in [-0.15, -0.1) is 0 Å². The average molecular weight is 188 g/mol. The van der Waals surface area contributed by atoms with Gasteiger partial charge in [0.1, 0.15) is 0 Å². The first-order chi connectivity index (χ1) is 6.10. The summed E-state index contributed by atoms with van der Waals surface area (Å²) in [5.41, 5.74) is 5.73. The molecule has 0 bridgehead atoms. The summed E-state index contributed by atoms with van der Waals surface area (Å²) in [6.07, 6.45) is 2.44. The van der Waals surface area contributed by atoms with Crippen molar-refractivity contribution < 1.29 is 4.74 Å². The van der Waals surface area contributed by atoms with Crippen molar-refractivity contribution in [1.82, 2.24) is 4.90 Å². The number of ether oxygens (including phenoxy) is 1. The lowest BCUT2D eigenvalue weighted by molar-refractivity contribution is 0.0430. The van der Waals surface area contributed by atoms with Gasteiger partial charge < -0.3 is 10.5 Å². The minimum atomic E-state index is -0.0100. The van der Waals surface area contributed by atoms with Gasteiger partial charge in [0, 0.05) is 13.7 Å². The summed E-state index contributed by atoms with van der Waals surface area (Å²) in [4.78, 5) is 2.29. The SMILES string of the molecule is CCCCN(C)C(C)(CN)COC. The number of unbranched alkanes of at least 4 members (excludes halogenated alkanes) is 1. The van der Waals surface area contributed by atoms with E-state index in [2.05, 4.69) is 25.8 Å². The normalized spacial score (nSPS) is 16.2. The lowest BCUT2D eigenvalue weighted by Gasteiger charge is -2.37. The van der Waals surface area contributed by atoms with Crippen LogP contribution in [-0.2, 0) is 4.74 Å². The summed E-state index contributed by atoms with van der Waals surface area (Å²) in [5, 5.41) is 0. The summed E-state index contributed by atoms with van der Waals surface area (Å²) < 4.78 is 5.18. The summed E-state index contributed by atoms with van der Waals surface area (Å²) >= 11 is 0. The van der Waals surface area contributed by atoms with Gasteiger partial charge in [-0.1, -0.05) is 13.3 Å². The maximum atomic E-state index is 5.74. The average Bonchev–Trinajstić information content (AvgIpc) is 2.14. The van der Waals surface area contributed by atoms with Crippen molar-refractivity contribution in [2.24, 2.45) is 5.73 Å². The molecule has 0 spiro atoms. The predicted octanol–water partition coefficient (Wildman–Crippen LogP) is 1.08. The highest BCUT2D eigenvalue weighted by molar-refractivity contribution is 4.85. The van der Waals surface area contributed by atoms with Gasteiger partial charge in [0.05, 0.1) is 12.1 Å². The summed E-state index contributed by atoms with van der Waals surface area (Å²) in [6.45, 7) is 6.77. The van der Waals surface area contributed by atoms with Crippen LogP contribution in [0.2, 0.25) is 0 Å². The van der Waals surface area contributed by atoms with Crippen LogP contribution < -0.4 is 5.73 Å². The molecule has 1 atom stereocenters. The number of nitrogens with zero attached hydrogens (tertiary/aromatic N) is 1. The van der Waals surface area contributed by atoms with Gasteiger partial charge in [0.25, 0.3) is 0 Å². The Kier molecular flexibility index (Phi) is 6.29. The molecule has 3 heteroatoms. The molecule has 3 nitrogen and oxygen atoms in total. The molecule has 80 valence electrons. The number of rotatable bonds is 7. The minimum Gasteiger partial charge on any atom is -0.383 e. The van der Waals surface area contributed by atoms with Gasteiger partial charge in [0.2, 0.25) is 0 Å². The van der Waals surface area contributed by atoms with E-state index in [4.69, 9.17) is 10.5 Å². The number of hydrogen-bond acceptors (Lipinski definition) is 3. The Hall–Kier alpha value is -0.120. The predicted molar refractivity (Wildman–Crippen MR) is 56.9 cm³/mol. The van der Waals surface area contributed by atoms with Crippen LogP contribution in [0.1, 0.15) is 26.7 Å². The van der Waals surface area contributed by atoms with Crippen LogP contribution in [0, 0.1) is 0 Å². The van der Waals surface area contributed by atoms with Gasteiger partial charge in [-0.2, -0.15) is 0 Å². The van der Waals surface area contributed by atoms with Crippen LogP contribution in [0.15, 0.2) is 0 Å². The molecule has 13 heavy (non-hydrogen) atoms.